The number of fused-ring (bicyclic) bond motifs is 1. The number of H-pyrrole nitrogens is 1. The second-order valence-electron chi connectivity index (χ2n) is 9.24. The number of aromatic amines is 1. The van der Waals surface area contributed by atoms with Gasteiger partial charge in [-0.2, -0.15) is 10.2 Å². The van der Waals surface area contributed by atoms with Crippen molar-refractivity contribution >= 4 is 16.8 Å². The molecule has 8 nitrogen and oxygen atoms in total. The zero-order chi connectivity index (χ0) is 24.1. The molecular formula is C26H28N4O4. The van der Waals surface area contributed by atoms with Gasteiger partial charge in [-0.1, -0.05) is 55.8 Å². The third kappa shape index (κ3) is 5.09. The Morgan fingerprint density at radius 3 is 2.65 bits per heavy atom. The van der Waals surface area contributed by atoms with Crippen LogP contribution in [0.5, 0.6) is 6.01 Å². The molecule has 2 heterocycles. The van der Waals surface area contributed by atoms with Gasteiger partial charge < -0.3 is 9.25 Å². The van der Waals surface area contributed by atoms with Crippen LogP contribution < -0.4 is 16.0 Å². The molecule has 1 aliphatic rings. The highest BCUT2D eigenvalue weighted by Gasteiger charge is 2.36. The van der Waals surface area contributed by atoms with E-state index < -0.39 is 16.6 Å². The molecule has 1 aromatic carbocycles. The van der Waals surface area contributed by atoms with Crippen molar-refractivity contribution in [2.75, 3.05) is 0 Å². The molecule has 3 aromatic rings. The van der Waals surface area contributed by atoms with E-state index in [1.165, 1.54) is 6.07 Å². The lowest BCUT2D eigenvalue weighted by molar-refractivity contribution is 0.304. The van der Waals surface area contributed by atoms with Crippen LogP contribution in [-0.4, -0.2) is 15.7 Å². The van der Waals surface area contributed by atoms with Crippen LogP contribution in [0.1, 0.15) is 63.5 Å². The van der Waals surface area contributed by atoms with E-state index in [4.69, 9.17) is 9.25 Å². The van der Waals surface area contributed by atoms with Crippen molar-refractivity contribution < 1.29 is 9.25 Å². The second-order valence-corrected chi connectivity index (χ2v) is 9.24. The van der Waals surface area contributed by atoms with E-state index in [0.29, 0.717) is 43.6 Å². The Morgan fingerprint density at radius 2 is 1.97 bits per heavy atom. The molecule has 34 heavy (non-hydrogen) atoms. The molecule has 1 fully saturated rings. The van der Waals surface area contributed by atoms with E-state index in [0.717, 1.165) is 24.1 Å². The molecule has 0 bridgehead atoms. The average molecular weight is 461 g/mol. The summed E-state index contributed by atoms with van der Waals surface area (Å²) in [5.74, 6) is 0.535. The first-order valence-electron chi connectivity index (χ1n) is 11.7. The molecule has 0 spiro atoms. The Balaban J connectivity index is 1.50. The number of hydrogen-bond donors (Lipinski definition) is 1. The van der Waals surface area contributed by atoms with Gasteiger partial charge in [0, 0.05) is 6.07 Å². The van der Waals surface area contributed by atoms with E-state index in [1.807, 2.05) is 30.3 Å². The van der Waals surface area contributed by atoms with E-state index in [9.17, 15) is 14.9 Å². The molecule has 4 rings (SSSR count). The monoisotopic (exact) mass is 460 g/mol. The largest absolute Gasteiger partial charge is 0.403 e. The summed E-state index contributed by atoms with van der Waals surface area (Å²) in [4.78, 5) is 36.9. The second kappa shape index (κ2) is 10.0. The normalized spacial score (nSPS) is 18.1. The van der Waals surface area contributed by atoms with Gasteiger partial charge >= 0.3 is 11.6 Å². The van der Waals surface area contributed by atoms with Gasteiger partial charge in [0.05, 0.1) is 17.2 Å². The molecule has 0 saturated heterocycles. The zero-order valence-corrected chi connectivity index (χ0v) is 19.5. The molecule has 0 aliphatic heterocycles. The molecule has 176 valence electrons. The van der Waals surface area contributed by atoms with Gasteiger partial charge in [0.1, 0.15) is 5.39 Å². The van der Waals surface area contributed by atoms with Crippen LogP contribution in [0.25, 0.3) is 11.1 Å². The van der Waals surface area contributed by atoms with Gasteiger partial charge in [-0.25, -0.2) is 4.79 Å². The summed E-state index contributed by atoms with van der Waals surface area (Å²) in [6, 6.07) is 13.5. The fourth-order valence-electron chi connectivity index (χ4n) is 4.46. The molecule has 8 heteroatoms. The van der Waals surface area contributed by atoms with Gasteiger partial charge in [-0.3, -0.25) is 9.78 Å². The quantitative estimate of drug-likeness (QED) is 0.513. The van der Waals surface area contributed by atoms with Crippen LogP contribution in [0.2, 0.25) is 0 Å². The van der Waals surface area contributed by atoms with Crippen molar-refractivity contribution in [3.8, 4) is 12.1 Å². The summed E-state index contributed by atoms with van der Waals surface area (Å²) in [6.45, 7) is 4.26. The van der Waals surface area contributed by atoms with Crippen LogP contribution >= 0.6 is 0 Å². The summed E-state index contributed by atoms with van der Waals surface area (Å²) in [7, 11) is 0. The predicted octanol–water partition coefficient (Wildman–Crippen LogP) is 4.63. The van der Waals surface area contributed by atoms with Crippen LogP contribution in [0.15, 0.2) is 55.6 Å². The molecular weight excluding hydrogens is 432 g/mol. The lowest BCUT2D eigenvalue weighted by Crippen LogP contribution is -2.30. The zero-order valence-electron chi connectivity index (χ0n) is 19.5. The molecule has 2 aromatic heterocycles. The van der Waals surface area contributed by atoms with E-state index in [2.05, 4.69) is 35.0 Å². The van der Waals surface area contributed by atoms with E-state index >= 15 is 0 Å². The Bertz CT molecular complexity index is 1340. The Labute approximate surface area is 197 Å². The third-order valence-electron chi connectivity index (χ3n) is 6.38. The SMILES string of the molecule is CC(C)CCCc1cc(=O)oc2nc(ON=C3CCC(C#N)(c4ccccc4)CC3)[nH]c(=O)c12. The standard InChI is InChI=1S/C26H28N4O4/c1-17(2)7-6-8-18-15-21(31)33-24-22(18)23(32)28-25(29-24)34-30-20-11-13-26(16-27,14-12-20)19-9-4-3-5-10-19/h3-5,9-10,15,17H,6-8,11-14H2,1-2H3,(H,28,29,32). The minimum Gasteiger partial charge on any atom is -0.403 e. The summed E-state index contributed by atoms with van der Waals surface area (Å²) in [6.07, 6.45) is 4.89. The molecule has 1 N–H and O–H groups in total. The molecule has 0 radical (unpaired) electrons. The number of aromatic nitrogens is 2. The average Bonchev–Trinajstić information content (AvgIpc) is 2.83. The Morgan fingerprint density at radius 1 is 1.24 bits per heavy atom. The summed E-state index contributed by atoms with van der Waals surface area (Å²) in [5.41, 5.74) is 0.848. The van der Waals surface area contributed by atoms with Gasteiger partial charge in [0.2, 0.25) is 5.71 Å². The van der Waals surface area contributed by atoms with Crippen molar-refractivity contribution in [1.82, 2.24) is 9.97 Å². The maximum atomic E-state index is 12.7. The van der Waals surface area contributed by atoms with Gasteiger partial charge in [0.15, 0.2) is 0 Å². The van der Waals surface area contributed by atoms with Crippen LogP contribution in [0.3, 0.4) is 0 Å². The smallest absolute Gasteiger partial charge is 0.337 e. The highest BCUT2D eigenvalue weighted by atomic mass is 16.6. The first-order valence-corrected chi connectivity index (χ1v) is 11.7. The number of nitrogens with one attached hydrogen (secondary N) is 1. The number of oxime groups is 1. The van der Waals surface area contributed by atoms with Crippen LogP contribution in [0, 0.1) is 17.2 Å². The molecule has 0 atom stereocenters. The minimum absolute atomic E-state index is 0.0535. The number of nitriles is 1. The molecule has 0 unspecified atom stereocenters. The fraction of sp³-hybridized carbons (Fsp3) is 0.423. The Kier molecular flexibility index (Phi) is 6.92. The van der Waals surface area contributed by atoms with Crippen LogP contribution in [0.4, 0.5) is 0 Å². The summed E-state index contributed by atoms with van der Waals surface area (Å²) in [5, 5.41) is 14.3. The molecule has 1 saturated carbocycles. The molecule has 1 aliphatic carbocycles. The number of nitrogens with zero attached hydrogens (tertiary/aromatic N) is 3. The minimum atomic E-state index is -0.552. The highest BCUT2D eigenvalue weighted by Crippen LogP contribution is 2.38. The predicted molar refractivity (Wildman–Crippen MR) is 129 cm³/mol. The first-order chi connectivity index (χ1) is 16.4. The van der Waals surface area contributed by atoms with Gasteiger partial charge in [-0.05, 0) is 55.6 Å². The van der Waals surface area contributed by atoms with Crippen molar-refractivity contribution in [2.45, 2.75) is 64.2 Å². The van der Waals surface area contributed by atoms with Crippen molar-refractivity contribution in [2.24, 2.45) is 11.1 Å². The van der Waals surface area contributed by atoms with Gasteiger partial charge in [0.25, 0.3) is 5.56 Å². The number of aryl methyl sites for hydroxylation is 1. The topological polar surface area (TPSA) is 121 Å². The van der Waals surface area contributed by atoms with Crippen LogP contribution in [-0.2, 0) is 11.8 Å². The van der Waals surface area contributed by atoms with Gasteiger partial charge in [-0.15, -0.1) is 0 Å². The number of benzene rings is 1. The highest BCUT2D eigenvalue weighted by molar-refractivity contribution is 5.85. The van der Waals surface area contributed by atoms with E-state index in [1.54, 1.807) is 0 Å². The first kappa shape index (κ1) is 23.4. The van der Waals surface area contributed by atoms with Crippen molar-refractivity contribution in [1.29, 1.82) is 5.26 Å². The number of hydrogen-bond acceptors (Lipinski definition) is 7. The summed E-state index contributed by atoms with van der Waals surface area (Å²) < 4.78 is 5.18. The van der Waals surface area contributed by atoms with Crippen molar-refractivity contribution in [3.63, 3.8) is 0 Å². The third-order valence-corrected chi connectivity index (χ3v) is 6.38. The van der Waals surface area contributed by atoms with E-state index in [-0.39, 0.29) is 17.1 Å². The molecule has 0 amide bonds. The lowest BCUT2D eigenvalue weighted by atomic mass is 9.70. The van der Waals surface area contributed by atoms with Crippen molar-refractivity contribution in [3.05, 3.63) is 68.3 Å². The summed E-state index contributed by atoms with van der Waals surface area (Å²) >= 11 is 0. The maximum Gasteiger partial charge on any atom is 0.337 e. The fourth-order valence-corrected chi connectivity index (χ4v) is 4.46. The maximum absolute atomic E-state index is 12.7. The number of rotatable bonds is 7. The lowest BCUT2D eigenvalue weighted by Gasteiger charge is -2.31. The Hall–Kier alpha value is -3.73.